The molecule has 23 heavy (non-hydrogen) atoms. The van der Waals surface area contributed by atoms with Crippen molar-refractivity contribution in [3.8, 4) is 0 Å². The quantitative estimate of drug-likeness (QED) is 0.314. The molecule has 0 aliphatic heterocycles. The smallest absolute Gasteiger partial charge is 0.744 e. The van der Waals surface area contributed by atoms with Crippen LogP contribution in [-0.2, 0) is 15.8 Å². The first-order valence-corrected chi connectivity index (χ1v) is 7.92. The minimum absolute atomic E-state index is 0. The van der Waals surface area contributed by atoms with Crippen molar-refractivity contribution in [2.75, 3.05) is 0 Å². The maximum atomic E-state index is 11.4. The van der Waals surface area contributed by atoms with E-state index >= 15 is 0 Å². The number of nitrogens with zero attached hydrogens (tertiary/aromatic N) is 6. The van der Waals surface area contributed by atoms with Crippen LogP contribution in [0.25, 0.3) is 0 Å². The Morgan fingerprint density at radius 3 is 2.09 bits per heavy atom. The minimum atomic E-state index is -4.65. The van der Waals surface area contributed by atoms with E-state index in [1.165, 1.54) is 21.5 Å². The van der Waals surface area contributed by atoms with Crippen LogP contribution in [0.2, 0.25) is 0 Å². The Balaban J connectivity index is 0.00000192. The number of hydrogen-bond donors (Lipinski definition) is 2. The first-order valence-electron chi connectivity index (χ1n) is 5.70. The second-order valence-corrected chi connectivity index (χ2v) is 6.50. The molecule has 1 aliphatic rings. The Bertz CT molecular complexity index is 948. The van der Waals surface area contributed by atoms with E-state index in [1.807, 2.05) is 0 Å². The zero-order valence-electron chi connectivity index (χ0n) is 11.6. The number of tetrazole rings is 2. The number of aromatic amines is 2. The van der Waals surface area contributed by atoms with Crippen LogP contribution in [0.5, 0.6) is 0 Å². The SMILES string of the molecule is O=S(=O)([O-])C1=CC=CC(n2[nH]nnc2=S)(n2[nH]nnc2=S)C1.[Na+]. The van der Waals surface area contributed by atoms with Crippen molar-refractivity contribution in [3.05, 3.63) is 32.7 Å². The molecule has 2 aromatic heterocycles. The summed E-state index contributed by atoms with van der Waals surface area (Å²) in [6.45, 7) is 0. The van der Waals surface area contributed by atoms with Crippen molar-refractivity contribution >= 4 is 34.6 Å². The molecule has 2 aromatic rings. The fourth-order valence-electron chi connectivity index (χ4n) is 2.16. The minimum Gasteiger partial charge on any atom is -0.744 e. The summed E-state index contributed by atoms with van der Waals surface area (Å²) >= 11 is 10.1. The molecule has 0 fully saturated rings. The Morgan fingerprint density at radius 2 is 1.70 bits per heavy atom. The van der Waals surface area contributed by atoms with Crippen molar-refractivity contribution in [3.63, 3.8) is 0 Å². The van der Waals surface area contributed by atoms with E-state index in [0.29, 0.717) is 0 Å². The first kappa shape index (κ1) is 18.3. The van der Waals surface area contributed by atoms with Gasteiger partial charge in [0, 0.05) is 11.3 Å². The molecule has 3 rings (SSSR count). The van der Waals surface area contributed by atoms with Crippen LogP contribution < -0.4 is 29.6 Å². The maximum absolute atomic E-state index is 11.4. The molecule has 15 heteroatoms. The molecule has 0 radical (unpaired) electrons. The average Bonchev–Trinajstić information content (AvgIpc) is 3.07. The topological polar surface area (TPSA) is 150 Å². The molecular formula is C8H7N8NaO3S3. The van der Waals surface area contributed by atoms with E-state index in [0.717, 1.165) is 0 Å². The fourth-order valence-corrected chi connectivity index (χ4v) is 3.28. The summed E-state index contributed by atoms with van der Waals surface area (Å²) in [6.07, 6.45) is 3.93. The van der Waals surface area contributed by atoms with Gasteiger partial charge in [0.25, 0.3) is 0 Å². The number of allylic oxidation sites excluding steroid dienone is 4. The Labute approximate surface area is 161 Å². The third-order valence-corrected chi connectivity index (χ3v) is 4.57. The number of nitrogens with one attached hydrogen (secondary N) is 2. The predicted octanol–water partition coefficient (Wildman–Crippen LogP) is -3.42. The van der Waals surface area contributed by atoms with E-state index in [9.17, 15) is 13.0 Å². The van der Waals surface area contributed by atoms with Crippen LogP contribution in [0.4, 0.5) is 0 Å². The summed E-state index contributed by atoms with van der Waals surface area (Å²) < 4.78 is 36.8. The van der Waals surface area contributed by atoms with Crippen molar-refractivity contribution in [2.24, 2.45) is 0 Å². The zero-order chi connectivity index (χ0) is 16.0. The average molecular weight is 382 g/mol. The number of hydrogen-bond acceptors (Lipinski definition) is 9. The third kappa shape index (κ3) is 3.15. The van der Waals surface area contributed by atoms with Crippen molar-refractivity contribution in [1.29, 1.82) is 0 Å². The summed E-state index contributed by atoms with van der Waals surface area (Å²) in [7, 11) is -4.65. The van der Waals surface area contributed by atoms with Gasteiger partial charge in [-0.3, -0.25) is 0 Å². The molecule has 2 N–H and O–H groups in total. The molecular weight excluding hydrogens is 375 g/mol. The van der Waals surface area contributed by atoms with Gasteiger partial charge in [-0.15, -0.1) is 0 Å². The molecule has 0 unspecified atom stereocenters. The van der Waals surface area contributed by atoms with Crippen LogP contribution >= 0.6 is 24.4 Å². The summed E-state index contributed by atoms with van der Waals surface area (Å²) in [5, 5.41) is 19.5. The molecule has 0 bridgehead atoms. The summed E-state index contributed by atoms with van der Waals surface area (Å²) in [5.74, 6) is 0. The Kier molecular flexibility index (Phi) is 5.15. The fraction of sp³-hybridized carbons (Fsp3) is 0.250. The van der Waals surface area contributed by atoms with Crippen LogP contribution in [0.3, 0.4) is 0 Å². The van der Waals surface area contributed by atoms with Gasteiger partial charge in [-0.05, 0) is 36.6 Å². The Morgan fingerprint density at radius 1 is 1.17 bits per heavy atom. The van der Waals surface area contributed by atoms with Crippen molar-refractivity contribution < 1.29 is 42.5 Å². The first-order chi connectivity index (χ1) is 10.3. The third-order valence-electron chi connectivity index (χ3n) is 3.12. The largest absolute Gasteiger partial charge is 1.00 e. The van der Waals surface area contributed by atoms with Crippen LogP contribution in [0.1, 0.15) is 6.42 Å². The van der Waals surface area contributed by atoms with Gasteiger partial charge in [-0.1, -0.05) is 26.7 Å². The molecule has 0 aromatic carbocycles. The molecule has 0 saturated carbocycles. The molecule has 116 valence electrons. The second-order valence-electron chi connectivity index (χ2n) is 4.34. The van der Waals surface area contributed by atoms with Gasteiger partial charge in [-0.25, -0.2) is 17.8 Å². The monoisotopic (exact) mass is 382 g/mol. The summed E-state index contributed by atoms with van der Waals surface area (Å²) in [5.41, 5.74) is -1.33. The number of rotatable bonds is 3. The standard InChI is InChI=1S/C8H8N8O3S3.Na/c17-22(18,19)5-2-1-3-8(4-5,15-6(20)9-11-13-15)16-7(21)10-12-14-16;/h1-3H,4H2,(H,9,13,20)(H,10,14,21)(H,17,18,19);/q;+1/p-1. The van der Waals surface area contributed by atoms with Gasteiger partial charge in [0.1, 0.15) is 10.1 Å². The molecule has 0 amide bonds. The van der Waals surface area contributed by atoms with E-state index in [4.69, 9.17) is 24.4 Å². The van der Waals surface area contributed by atoms with Crippen LogP contribution in [0, 0.1) is 9.54 Å². The van der Waals surface area contributed by atoms with Gasteiger partial charge in [0.15, 0.2) is 5.66 Å². The van der Waals surface area contributed by atoms with E-state index in [1.54, 1.807) is 6.08 Å². The van der Waals surface area contributed by atoms with E-state index in [-0.39, 0.29) is 50.4 Å². The van der Waals surface area contributed by atoms with E-state index in [2.05, 4.69) is 31.1 Å². The van der Waals surface area contributed by atoms with Gasteiger partial charge in [0.05, 0.1) is 0 Å². The summed E-state index contributed by atoms with van der Waals surface area (Å²) in [4.78, 5) is -0.344. The van der Waals surface area contributed by atoms with Gasteiger partial charge < -0.3 is 4.55 Å². The van der Waals surface area contributed by atoms with Crippen molar-refractivity contribution in [1.82, 2.24) is 40.4 Å². The molecule has 2 heterocycles. The van der Waals surface area contributed by atoms with Crippen LogP contribution in [0.15, 0.2) is 23.1 Å². The molecule has 0 atom stereocenters. The second kappa shape index (κ2) is 6.46. The zero-order valence-corrected chi connectivity index (χ0v) is 16.0. The van der Waals surface area contributed by atoms with E-state index < -0.39 is 15.8 Å². The number of H-pyrrole nitrogens is 2. The van der Waals surface area contributed by atoms with Gasteiger partial charge >= 0.3 is 29.6 Å². The molecule has 1 aliphatic carbocycles. The maximum Gasteiger partial charge on any atom is 1.00 e. The molecule has 0 saturated heterocycles. The van der Waals surface area contributed by atoms with Gasteiger partial charge in [0.2, 0.25) is 9.54 Å². The van der Waals surface area contributed by atoms with Crippen molar-refractivity contribution in [2.45, 2.75) is 12.1 Å². The van der Waals surface area contributed by atoms with Crippen LogP contribution in [-0.4, -0.2) is 53.4 Å². The number of aromatic nitrogens is 8. The van der Waals surface area contributed by atoms with Gasteiger partial charge in [-0.2, -0.15) is 10.4 Å². The Hall–Kier alpha value is -1.03. The normalized spacial score (nSPS) is 16.7. The molecule has 11 nitrogen and oxygen atoms in total. The predicted molar refractivity (Wildman–Crippen MR) is 75.3 cm³/mol. The molecule has 0 spiro atoms. The summed E-state index contributed by atoms with van der Waals surface area (Å²) in [6, 6.07) is 0.